The van der Waals surface area contributed by atoms with E-state index in [2.05, 4.69) is 31.9 Å². The number of imidazole rings is 1. The van der Waals surface area contributed by atoms with Crippen molar-refractivity contribution in [2.24, 2.45) is 14.1 Å². The van der Waals surface area contributed by atoms with E-state index in [1.54, 1.807) is 14.2 Å². The third-order valence-electron chi connectivity index (χ3n) is 5.10. The van der Waals surface area contributed by atoms with Gasteiger partial charge in [0.05, 0.1) is 7.11 Å². The number of nitrogens with one attached hydrogen (secondary N) is 1. The van der Waals surface area contributed by atoms with Crippen molar-refractivity contribution in [3.05, 3.63) is 45.1 Å². The molecule has 3 heterocycles. The Balaban J connectivity index is 1.56. The lowest BCUT2D eigenvalue weighted by atomic mass is 10.2. The number of aromatic amines is 1. The van der Waals surface area contributed by atoms with Crippen molar-refractivity contribution in [2.75, 3.05) is 43.1 Å². The van der Waals surface area contributed by atoms with Crippen LogP contribution in [0.4, 0.5) is 11.6 Å². The lowest BCUT2D eigenvalue weighted by Gasteiger charge is -2.36. The van der Waals surface area contributed by atoms with Gasteiger partial charge >= 0.3 is 5.69 Å². The molecule has 0 radical (unpaired) electrons. The van der Waals surface area contributed by atoms with E-state index in [0.717, 1.165) is 42.2 Å². The van der Waals surface area contributed by atoms with Crippen molar-refractivity contribution in [1.82, 2.24) is 19.1 Å². The molecule has 1 aromatic carbocycles. The Hall–Kier alpha value is -3.23. The Labute approximate surface area is 155 Å². The Morgan fingerprint density at radius 2 is 1.59 bits per heavy atom. The number of piperazine rings is 1. The quantitative estimate of drug-likeness (QED) is 0.713. The fourth-order valence-electron chi connectivity index (χ4n) is 3.43. The van der Waals surface area contributed by atoms with Crippen LogP contribution in [-0.4, -0.2) is 52.4 Å². The second-order valence-corrected chi connectivity index (χ2v) is 6.64. The summed E-state index contributed by atoms with van der Waals surface area (Å²) in [6.45, 7) is 3.20. The summed E-state index contributed by atoms with van der Waals surface area (Å²) >= 11 is 0. The molecule has 9 nitrogen and oxygen atoms in total. The van der Waals surface area contributed by atoms with Crippen LogP contribution in [0.25, 0.3) is 11.2 Å². The third-order valence-corrected chi connectivity index (χ3v) is 5.10. The molecule has 1 aliphatic heterocycles. The van der Waals surface area contributed by atoms with Crippen LogP contribution >= 0.6 is 0 Å². The molecule has 0 amide bonds. The Bertz CT molecular complexity index is 1090. The zero-order valence-electron chi connectivity index (χ0n) is 15.6. The van der Waals surface area contributed by atoms with E-state index < -0.39 is 0 Å². The van der Waals surface area contributed by atoms with E-state index in [0.29, 0.717) is 17.1 Å². The highest BCUT2D eigenvalue weighted by Gasteiger charge is 2.22. The van der Waals surface area contributed by atoms with Crippen LogP contribution < -0.4 is 25.8 Å². The largest absolute Gasteiger partial charge is 0.497 e. The van der Waals surface area contributed by atoms with Gasteiger partial charge in [0.2, 0.25) is 5.95 Å². The molecule has 0 aliphatic carbocycles. The molecule has 0 spiro atoms. The van der Waals surface area contributed by atoms with E-state index in [1.165, 1.54) is 11.6 Å². The normalized spacial score (nSPS) is 14.8. The van der Waals surface area contributed by atoms with E-state index >= 15 is 0 Å². The van der Waals surface area contributed by atoms with Crippen LogP contribution in [0.2, 0.25) is 0 Å². The zero-order chi connectivity index (χ0) is 19.1. The highest BCUT2D eigenvalue weighted by molar-refractivity contribution is 5.73. The summed E-state index contributed by atoms with van der Waals surface area (Å²) in [5.41, 5.74) is 1.15. The number of rotatable bonds is 3. The summed E-state index contributed by atoms with van der Waals surface area (Å²) in [6, 6.07) is 8.01. The van der Waals surface area contributed by atoms with Gasteiger partial charge in [-0.2, -0.15) is 4.98 Å². The first-order valence-corrected chi connectivity index (χ1v) is 8.79. The van der Waals surface area contributed by atoms with Gasteiger partial charge in [-0.15, -0.1) is 0 Å². The zero-order valence-corrected chi connectivity index (χ0v) is 15.6. The molecule has 0 unspecified atom stereocenters. The average Bonchev–Trinajstić information content (AvgIpc) is 3.16. The number of ether oxygens (including phenoxy) is 1. The van der Waals surface area contributed by atoms with Gasteiger partial charge in [0.1, 0.15) is 5.75 Å². The molecule has 4 rings (SSSR count). The predicted molar refractivity (Wildman–Crippen MR) is 104 cm³/mol. The summed E-state index contributed by atoms with van der Waals surface area (Å²) in [5.74, 6) is 1.46. The van der Waals surface area contributed by atoms with Gasteiger partial charge in [0.15, 0.2) is 11.2 Å². The van der Waals surface area contributed by atoms with Crippen LogP contribution in [0.15, 0.2) is 33.9 Å². The highest BCUT2D eigenvalue weighted by Crippen LogP contribution is 2.22. The van der Waals surface area contributed by atoms with E-state index in [1.807, 2.05) is 12.1 Å². The number of H-pyrrole nitrogens is 1. The van der Waals surface area contributed by atoms with Gasteiger partial charge in [-0.25, -0.2) is 4.79 Å². The summed E-state index contributed by atoms with van der Waals surface area (Å²) in [7, 11) is 4.75. The average molecular weight is 370 g/mol. The molecule has 1 saturated heterocycles. The number of benzene rings is 1. The number of anilines is 2. The van der Waals surface area contributed by atoms with E-state index in [9.17, 15) is 9.59 Å². The second-order valence-electron chi connectivity index (χ2n) is 6.64. The molecule has 27 heavy (non-hydrogen) atoms. The molecule has 0 saturated carbocycles. The van der Waals surface area contributed by atoms with Crippen LogP contribution in [0.5, 0.6) is 5.75 Å². The minimum atomic E-state index is -0.380. The number of nitrogens with zero attached hydrogens (tertiary/aromatic N) is 5. The molecule has 1 N–H and O–H groups in total. The number of methoxy groups -OCH3 is 1. The summed E-state index contributed by atoms with van der Waals surface area (Å²) in [4.78, 5) is 36.4. The number of hydrogen-bond donors (Lipinski definition) is 1. The molecular weight excluding hydrogens is 348 g/mol. The summed E-state index contributed by atoms with van der Waals surface area (Å²) in [6.07, 6.45) is 0. The molecule has 0 bridgehead atoms. The summed E-state index contributed by atoms with van der Waals surface area (Å²) < 4.78 is 7.69. The minimum absolute atomic E-state index is 0.354. The van der Waals surface area contributed by atoms with Crippen LogP contribution in [-0.2, 0) is 14.1 Å². The molecule has 2 aromatic heterocycles. The van der Waals surface area contributed by atoms with E-state index in [-0.39, 0.29) is 11.2 Å². The Morgan fingerprint density at radius 3 is 2.22 bits per heavy atom. The number of aryl methyl sites for hydroxylation is 1. The maximum absolute atomic E-state index is 12.3. The molecule has 9 heteroatoms. The molecule has 142 valence electrons. The molecule has 0 atom stereocenters. The fraction of sp³-hybridized carbons (Fsp3) is 0.389. The van der Waals surface area contributed by atoms with Crippen molar-refractivity contribution in [3.63, 3.8) is 0 Å². The first kappa shape index (κ1) is 17.2. The van der Waals surface area contributed by atoms with Gasteiger partial charge in [-0.3, -0.25) is 13.9 Å². The minimum Gasteiger partial charge on any atom is -0.497 e. The number of hydrogen-bond acceptors (Lipinski definition) is 6. The monoisotopic (exact) mass is 370 g/mol. The second kappa shape index (κ2) is 6.49. The molecule has 3 aromatic rings. The SMILES string of the molecule is COc1ccc(N2CCN(c3nc4c([nH]3)c(=O)n(C)c(=O)n4C)CC2)cc1. The third kappa shape index (κ3) is 2.84. The van der Waals surface area contributed by atoms with Crippen molar-refractivity contribution < 1.29 is 4.74 Å². The van der Waals surface area contributed by atoms with Gasteiger partial charge in [-0.05, 0) is 24.3 Å². The van der Waals surface area contributed by atoms with Crippen LogP contribution in [0, 0.1) is 0 Å². The van der Waals surface area contributed by atoms with Gasteiger partial charge in [0.25, 0.3) is 5.56 Å². The lowest BCUT2D eigenvalue weighted by Crippen LogP contribution is -2.47. The smallest absolute Gasteiger partial charge is 0.332 e. The van der Waals surface area contributed by atoms with Crippen molar-refractivity contribution >= 4 is 22.8 Å². The van der Waals surface area contributed by atoms with Crippen molar-refractivity contribution in [2.45, 2.75) is 0 Å². The van der Waals surface area contributed by atoms with Crippen LogP contribution in [0.3, 0.4) is 0 Å². The fourth-order valence-corrected chi connectivity index (χ4v) is 3.43. The Morgan fingerprint density at radius 1 is 0.963 bits per heavy atom. The van der Waals surface area contributed by atoms with Crippen molar-refractivity contribution in [1.29, 1.82) is 0 Å². The van der Waals surface area contributed by atoms with E-state index in [4.69, 9.17) is 4.74 Å². The first-order chi connectivity index (χ1) is 13.0. The number of aromatic nitrogens is 4. The highest BCUT2D eigenvalue weighted by atomic mass is 16.5. The predicted octanol–water partition coefficient (Wildman–Crippen LogP) is 0.296. The Kier molecular flexibility index (Phi) is 4.14. The maximum Gasteiger partial charge on any atom is 0.332 e. The van der Waals surface area contributed by atoms with Crippen LogP contribution in [0.1, 0.15) is 0 Å². The summed E-state index contributed by atoms with van der Waals surface area (Å²) in [5, 5.41) is 0. The molecule has 1 aliphatic rings. The van der Waals surface area contributed by atoms with Gasteiger partial charge in [0, 0.05) is 46.0 Å². The van der Waals surface area contributed by atoms with Gasteiger partial charge in [-0.1, -0.05) is 0 Å². The van der Waals surface area contributed by atoms with Gasteiger partial charge < -0.3 is 19.5 Å². The lowest BCUT2D eigenvalue weighted by molar-refractivity contribution is 0.415. The standard InChI is InChI=1S/C18H22N6O3/c1-21-15-14(16(25)22(2)18(21)26)19-17(20-15)24-10-8-23(9-11-24)12-4-6-13(27-3)7-5-12/h4-7H,8-11H2,1-3H3,(H,19,20). The topological polar surface area (TPSA) is 88.4 Å². The number of fused-ring (bicyclic) bond motifs is 1. The molecular formula is C18H22N6O3. The first-order valence-electron chi connectivity index (χ1n) is 8.79. The maximum atomic E-state index is 12.3. The van der Waals surface area contributed by atoms with Crippen molar-refractivity contribution in [3.8, 4) is 5.75 Å². The molecule has 1 fully saturated rings.